The molecule has 29 heavy (non-hydrogen) atoms. The molecule has 3 aromatic rings. The number of carbonyl (C=O) groups is 1. The molecule has 0 atom stereocenters. The van der Waals surface area contributed by atoms with Crippen LogP contribution in [-0.2, 0) is 11.2 Å². The van der Waals surface area contributed by atoms with Crippen LogP contribution in [-0.4, -0.2) is 52.2 Å². The predicted octanol–water partition coefficient (Wildman–Crippen LogP) is 2.81. The molecule has 1 saturated heterocycles. The number of anilines is 3. The van der Waals surface area contributed by atoms with Gasteiger partial charge < -0.3 is 15.1 Å². The van der Waals surface area contributed by atoms with Crippen LogP contribution in [0.5, 0.6) is 0 Å². The summed E-state index contributed by atoms with van der Waals surface area (Å²) in [4.78, 5) is 20.9. The predicted molar refractivity (Wildman–Crippen MR) is 113 cm³/mol. The SMILES string of the molecule is Cc1cccc(CC(=O)N2CCN(c3ccc(Nc4ccccn4)nn3)CC2)c1. The first-order valence-corrected chi connectivity index (χ1v) is 9.77. The number of rotatable bonds is 5. The molecule has 3 heterocycles. The number of nitrogens with zero attached hydrogens (tertiary/aromatic N) is 5. The van der Waals surface area contributed by atoms with Crippen molar-refractivity contribution in [2.75, 3.05) is 36.4 Å². The van der Waals surface area contributed by atoms with Gasteiger partial charge in [0.15, 0.2) is 11.6 Å². The molecule has 0 bridgehead atoms. The summed E-state index contributed by atoms with van der Waals surface area (Å²) in [5, 5.41) is 11.7. The highest BCUT2D eigenvalue weighted by Crippen LogP contribution is 2.17. The maximum Gasteiger partial charge on any atom is 0.227 e. The number of pyridine rings is 1. The Labute approximate surface area is 170 Å². The number of aromatic nitrogens is 3. The Kier molecular flexibility index (Phi) is 5.65. The zero-order valence-electron chi connectivity index (χ0n) is 16.5. The molecule has 4 rings (SSSR count). The first kappa shape index (κ1) is 18.9. The topological polar surface area (TPSA) is 74.2 Å². The molecular weight excluding hydrogens is 364 g/mol. The molecule has 148 valence electrons. The molecular formula is C22H24N6O. The Morgan fingerprint density at radius 2 is 1.83 bits per heavy atom. The lowest BCUT2D eigenvalue weighted by Gasteiger charge is -2.35. The number of carbonyl (C=O) groups excluding carboxylic acids is 1. The Hall–Kier alpha value is -3.48. The van der Waals surface area contributed by atoms with Gasteiger partial charge in [-0.15, -0.1) is 10.2 Å². The zero-order chi connectivity index (χ0) is 20.1. The van der Waals surface area contributed by atoms with Crippen LogP contribution in [0.25, 0.3) is 0 Å². The summed E-state index contributed by atoms with van der Waals surface area (Å²) < 4.78 is 0. The normalized spacial score (nSPS) is 14.0. The molecule has 1 aliphatic heterocycles. The molecule has 1 fully saturated rings. The van der Waals surface area contributed by atoms with Crippen molar-refractivity contribution in [3.8, 4) is 0 Å². The largest absolute Gasteiger partial charge is 0.352 e. The highest BCUT2D eigenvalue weighted by Gasteiger charge is 2.22. The molecule has 1 N–H and O–H groups in total. The second-order valence-corrected chi connectivity index (χ2v) is 7.15. The van der Waals surface area contributed by atoms with Crippen LogP contribution in [0.3, 0.4) is 0 Å². The van der Waals surface area contributed by atoms with Gasteiger partial charge in [-0.3, -0.25) is 4.79 Å². The summed E-state index contributed by atoms with van der Waals surface area (Å²) >= 11 is 0. The lowest BCUT2D eigenvalue weighted by atomic mass is 10.1. The number of hydrogen-bond donors (Lipinski definition) is 1. The van der Waals surface area contributed by atoms with E-state index >= 15 is 0 Å². The van der Waals surface area contributed by atoms with Gasteiger partial charge in [-0.25, -0.2) is 4.98 Å². The molecule has 2 aromatic heterocycles. The van der Waals surface area contributed by atoms with Crippen LogP contribution in [0.4, 0.5) is 17.5 Å². The van der Waals surface area contributed by atoms with Crippen molar-refractivity contribution in [1.29, 1.82) is 0 Å². The van der Waals surface area contributed by atoms with Crippen molar-refractivity contribution < 1.29 is 4.79 Å². The van der Waals surface area contributed by atoms with Gasteiger partial charge in [-0.2, -0.15) is 0 Å². The Balaban J connectivity index is 1.30. The second kappa shape index (κ2) is 8.68. The molecule has 0 radical (unpaired) electrons. The second-order valence-electron chi connectivity index (χ2n) is 7.15. The number of hydrogen-bond acceptors (Lipinski definition) is 6. The summed E-state index contributed by atoms with van der Waals surface area (Å²) in [6.45, 7) is 4.94. The molecule has 1 aliphatic rings. The highest BCUT2D eigenvalue weighted by atomic mass is 16.2. The number of benzene rings is 1. The third-order valence-corrected chi connectivity index (χ3v) is 4.97. The van der Waals surface area contributed by atoms with Crippen molar-refractivity contribution in [3.05, 3.63) is 71.9 Å². The van der Waals surface area contributed by atoms with E-state index in [0.717, 1.165) is 30.3 Å². The average molecular weight is 388 g/mol. The van der Waals surface area contributed by atoms with Crippen molar-refractivity contribution in [2.24, 2.45) is 0 Å². The number of aryl methyl sites for hydroxylation is 1. The standard InChI is InChI=1S/C22H24N6O/c1-17-5-4-6-18(15-17)16-22(29)28-13-11-27(12-14-28)21-9-8-20(25-26-21)24-19-7-2-3-10-23-19/h2-10,15H,11-14,16H2,1H3,(H,23,24,25). The van der Waals surface area contributed by atoms with E-state index in [4.69, 9.17) is 0 Å². The molecule has 1 aromatic carbocycles. The monoisotopic (exact) mass is 388 g/mol. The van der Waals surface area contributed by atoms with Crippen LogP contribution in [0.15, 0.2) is 60.8 Å². The van der Waals surface area contributed by atoms with Gasteiger partial charge in [0.1, 0.15) is 5.82 Å². The van der Waals surface area contributed by atoms with Crippen LogP contribution in [0.2, 0.25) is 0 Å². The van der Waals surface area contributed by atoms with Gasteiger partial charge in [-0.1, -0.05) is 35.9 Å². The molecule has 1 amide bonds. The van der Waals surface area contributed by atoms with E-state index in [1.165, 1.54) is 5.56 Å². The van der Waals surface area contributed by atoms with Crippen LogP contribution < -0.4 is 10.2 Å². The van der Waals surface area contributed by atoms with E-state index in [9.17, 15) is 4.79 Å². The zero-order valence-corrected chi connectivity index (χ0v) is 16.5. The molecule has 7 heteroatoms. The lowest BCUT2D eigenvalue weighted by molar-refractivity contribution is -0.130. The summed E-state index contributed by atoms with van der Waals surface area (Å²) in [6, 6.07) is 17.6. The van der Waals surface area contributed by atoms with Crippen molar-refractivity contribution >= 4 is 23.4 Å². The Bertz CT molecular complexity index is 953. The number of piperazine rings is 1. The molecule has 0 unspecified atom stereocenters. The van der Waals surface area contributed by atoms with E-state index in [1.54, 1.807) is 6.20 Å². The minimum atomic E-state index is 0.177. The fourth-order valence-electron chi connectivity index (χ4n) is 3.42. The first-order chi connectivity index (χ1) is 14.2. The van der Waals surface area contributed by atoms with Gasteiger partial charge >= 0.3 is 0 Å². The van der Waals surface area contributed by atoms with Crippen molar-refractivity contribution in [3.63, 3.8) is 0 Å². The van der Waals surface area contributed by atoms with Gasteiger partial charge in [0.25, 0.3) is 0 Å². The Morgan fingerprint density at radius 1 is 0.966 bits per heavy atom. The van der Waals surface area contributed by atoms with Gasteiger partial charge in [-0.05, 0) is 36.8 Å². The van der Waals surface area contributed by atoms with Crippen LogP contribution in [0.1, 0.15) is 11.1 Å². The smallest absolute Gasteiger partial charge is 0.227 e. The summed E-state index contributed by atoms with van der Waals surface area (Å²) in [7, 11) is 0. The molecule has 0 aliphatic carbocycles. The van der Waals surface area contributed by atoms with E-state index in [0.29, 0.717) is 25.3 Å². The average Bonchev–Trinajstić information content (AvgIpc) is 2.75. The number of nitrogens with one attached hydrogen (secondary N) is 1. The quantitative estimate of drug-likeness (QED) is 0.725. The van der Waals surface area contributed by atoms with Crippen LogP contribution >= 0.6 is 0 Å². The minimum Gasteiger partial charge on any atom is -0.352 e. The fourth-order valence-corrected chi connectivity index (χ4v) is 3.42. The first-order valence-electron chi connectivity index (χ1n) is 9.77. The third kappa shape index (κ3) is 4.87. The van der Waals surface area contributed by atoms with Crippen molar-refractivity contribution in [2.45, 2.75) is 13.3 Å². The fraction of sp³-hybridized carbons (Fsp3) is 0.273. The van der Waals surface area contributed by atoms with E-state index in [1.807, 2.05) is 60.4 Å². The van der Waals surface area contributed by atoms with Gasteiger partial charge in [0.05, 0.1) is 6.42 Å². The van der Waals surface area contributed by atoms with E-state index in [2.05, 4.69) is 31.5 Å². The van der Waals surface area contributed by atoms with Gasteiger partial charge in [0.2, 0.25) is 5.91 Å². The van der Waals surface area contributed by atoms with E-state index < -0.39 is 0 Å². The molecule has 0 saturated carbocycles. The summed E-state index contributed by atoms with van der Waals surface area (Å²) in [6.07, 6.45) is 2.18. The lowest BCUT2D eigenvalue weighted by Crippen LogP contribution is -2.49. The van der Waals surface area contributed by atoms with Gasteiger partial charge in [0, 0.05) is 32.4 Å². The molecule has 0 spiro atoms. The van der Waals surface area contributed by atoms with Crippen LogP contribution in [0, 0.1) is 6.92 Å². The minimum absolute atomic E-state index is 0.177. The summed E-state index contributed by atoms with van der Waals surface area (Å²) in [5.74, 6) is 2.38. The Morgan fingerprint density at radius 3 is 2.52 bits per heavy atom. The molecule has 7 nitrogen and oxygen atoms in total. The summed E-state index contributed by atoms with van der Waals surface area (Å²) in [5.41, 5.74) is 2.25. The number of amides is 1. The highest BCUT2D eigenvalue weighted by molar-refractivity contribution is 5.79. The third-order valence-electron chi connectivity index (χ3n) is 4.97. The maximum absolute atomic E-state index is 12.6. The van der Waals surface area contributed by atoms with Crippen molar-refractivity contribution in [1.82, 2.24) is 20.1 Å². The van der Waals surface area contributed by atoms with E-state index in [-0.39, 0.29) is 5.91 Å². The maximum atomic E-state index is 12.6.